The molecule has 0 spiro atoms. The van der Waals surface area contributed by atoms with Gasteiger partial charge < -0.3 is 16.2 Å². The summed E-state index contributed by atoms with van der Waals surface area (Å²) in [7, 11) is -3.45. The molecule has 2 aromatic rings. The first-order valence-corrected chi connectivity index (χ1v) is 15.6. The third-order valence-electron chi connectivity index (χ3n) is 6.66. The number of amides is 1. The molecule has 2 rings (SSSR count). The summed E-state index contributed by atoms with van der Waals surface area (Å²) in [6.45, 7) is 4.56. The lowest BCUT2D eigenvalue weighted by Crippen LogP contribution is -2.50. The molecule has 0 aliphatic carbocycles. The van der Waals surface area contributed by atoms with Gasteiger partial charge in [-0.25, -0.2) is 18.3 Å². The van der Waals surface area contributed by atoms with Crippen molar-refractivity contribution >= 4 is 45.1 Å². The number of sulfone groups is 1. The molecular weight excluding hydrogens is 526 g/mol. The number of carboxylic acids is 1. The van der Waals surface area contributed by atoms with Crippen LogP contribution in [0.2, 0.25) is 0 Å². The van der Waals surface area contributed by atoms with E-state index in [0.29, 0.717) is 18.7 Å². The molecule has 0 aliphatic heterocycles. The van der Waals surface area contributed by atoms with Gasteiger partial charge in [0.05, 0.1) is 12.4 Å². The molecular formula is C27H41N3O6S2. The Hall–Kier alpha value is -2.18. The van der Waals surface area contributed by atoms with E-state index in [1.165, 1.54) is 0 Å². The van der Waals surface area contributed by atoms with Gasteiger partial charge in [-0.3, -0.25) is 9.63 Å². The Kier molecular flexibility index (Phi) is 13.0. The van der Waals surface area contributed by atoms with Crippen molar-refractivity contribution in [3.05, 3.63) is 48.0 Å². The van der Waals surface area contributed by atoms with Crippen molar-refractivity contribution in [1.29, 1.82) is 0 Å². The van der Waals surface area contributed by atoms with Crippen LogP contribution >= 0.6 is 12.6 Å². The number of rotatable bonds is 17. The summed E-state index contributed by atoms with van der Waals surface area (Å²) in [5, 5.41) is 16.2. The zero-order valence-electron chi connectivity index (χ0n) is 22.4. The van der Waals surface area contributed by atoms with Crippen LogP contribution in [0.1, 0.15) is 38.7 Å². The van der Waals surface area contributed by atoms with Gasteiger partial charge in [-0.15, -0.1) is 0 Å². The van der Waals surface area contributed by atoms with Gasteiger partial charge >= 0.3 is 5.97 Å². The van der Waals surface area contributed by atoms with Crippen LogP contribution in [-0.4, -0.2) is 79.5 Å². The zero-order valence-corrected chi connectivity index (χ0v) is 24.1. The van der Waals surface area contributed by atoms with E-state index in [1.807, 2.05) is 56.3 Å². The first-order chi connectivity index (χ1) is 18.0. The van der Waals surface area contributed by atoms with Crippen molar-refractivity contribution in [1.82, 2.24) is 10.4 Å². The highest BCUT2D eigenvalue weighted by Crippen LogP contribution is 2.21. The SMILES string of the molecule is CC[C@H](C)C(CON(C(=O)CCc1cccc2ccccc12)[C@@H](CCS(C)(=O)=O)C(=O)O)NCC(N)CS. The monoisotopic (exact) mass is 567 g/mol. The molecule has 0 saturated carbocycles. The smallest absolute Gasteiger partial charge is 0.329 e. The number of carbonyl (C=O) groups is 2. The molecule has 0 saturated heterocycles. The molecule has 2 unspecified atom stereocenters. The van der Waals surface area contributed by atoms with Crippen LogP contribution in [0, 0.1) is 5.92 Å². The number of nitrogens with zero attached hydrogens (tertiary/aromatic N) is 1. The van der Waals surface area contributed by atoms with Gasteiger partial charge in [0.2, 0.25) is 5.91 Å². The molecule has 0 aromatic heterocycles. The fourth-order valence-electron chi connectivity index (χ4n) is 4.10. The third-order valence-corrected chi connectivity index (χ3v) is 8.11. The summed E-state index contributed by atoms with van der Waals surface area (Å²) in [5.41, 5.74) is 6.95. The van der Waals surface area contributed by atoms with Crippen molar-refractivity contribution in [2.75, 3.05) is 30.9 Å². The minimum Gasteiger partial charge on any atom is -0.480 e. The minimum atomic E-state index is -3.45. The molecule has 0 heterocycles. The first kappa shape index (κ1) is 32.0. The van der Waals surface area contributed by atoms with Crippen LogP contribution < -0.4 is 11.1 Å². The average Bonchev–Trinajstić information content (AvgIpc) is 2.88. The van der Waals surface area contributed by atoms with E-state index in [-0.39, 0.29) is 43.2 Å². The minimum absolute atomic E-state index is 0.00260. The number of hydrogen-bond acceptors (Lipinski definition) is 8. The maximum Gasteiger partial charge on any atom is 0.329 e. The Morgan fingerprint density at radius 1 is 1.18 bits per heavy atom. The van der Waals surface area contributed by atoms with Crippen LogP contribution in [-0.2, 0) is 30.7 Å². The van der Waals surface area contributed by atoms with E-state index in [4.69, 9.17) is 10.6 Å². The number of thiol groups is 1. The lowest BCUT2D eigenvalue weighted by Gasteiger charge is -2.32. The number of aryl methyl sites for hydroxylation is 1. The molecule has 38 heavy (non-hydrogen) atoms. The van der Waals surface area contributed by atoms with Crippen molar-refractivity contribution in [3.63, 3.8) is 0 Å². The zero-order chi connectivity index (χ0) is 28.3. The van der Waals surface area contributed by atoms with E-state index < -0.39 is 27.8 Å². The summed E-state index contributed by atoms with van der Waals surface area (Å²) >= 11 is 4.21. The first-order valence-electron chi connectivity index (χ1n) is 12.9. The van der Waals surface area contributed by atoms with Gasteiger partial charge in [0.1, 0.15) is 9.84 Å². The molecule has 2 aromatic carbocycles. The standard InChI is InChI=1S/C27H41N3O6S2/c1-4-19(2)24(29-16-22(28)18-37)17-36-30(25(27(32)33)14-15-38(3,34)35)26(31)13-12-21-10-7-9-20-8-5-6-11-23(20)21/h5-11,19,22,24-25,29,37H,4,12-18,28H2,1-3H3,(H,32,33)/t19-,22?,24?,25-/m0/s1. The van der Waals surface area contributed by atoms with E-state index in [0.717, 1.165) is 34.1 Å². The van der Waals surface area contributed by atoms with Crippen LogP contribution in [0.5, 0.6) is 0 Å². The number of carbonyl (C=O) groups excluding carboxylic acids is 1. The largest absolute Gasteiger partial charge is 0.480 e. The predicted molar refractivity (Wildman–Crippen MR) is 154 cm³/mol. The molecule has 0 aliphatic rings. The molecule has 212 valence electrons. The lowest BCUT2D eigenvalue weighted by molar-refractivity contribution is -0.210. The molecule has 0 bridgehead atoms. The molecule has 4 atom stereocenters. The van der Waals surface area contributed by atoms with Crippen molar-refractivity contribution in [2.24, 2.45) is 11.7 Å². The summed E-state index contributed by atoms with van der Waals surface area (Å²) < 4.78 is 23.6. The summed E-state index contributed by atoms with van der Waals surface area (Å²) in [6.07, 6.45) is 1.96. The van der Waals surface area contributed by atoms with Gasteiger partial charge in [-0.2, -0.15) is 12.6 Å². The number of carboxylic acid groups (broad SMARTS) is 1. The van der Waals surface area contributed by atoms with Crippen LogP contribution in [0.25, 0.3) is 10.8 Å². The average molecular weight is 568 g/mol. The maximum atomic E-state index is 13.4. The number of hydrogen-bond donors (Lipinski definition) is 4. The highest BCUT2D eigenvalue weighted by molar-refractivity contribution is 7.90. The van der Waals surface area contributed by atoms with E-state index in [1.54, 1.807) is 0 Å². The van der Waals surface area contributed by atoms with Crippen molar-refractivity contribution in [3.8, 4) is 0 Å². The molecule has 1 amide bonds. The van der Waals surface area contributed by atoms with Crippen LogP contribution in [0.3, 0.4) is 0 Å². The Morgan fingerprint density at radius 3 is 2.50 bits per heavy atom. The van der Waals surface area contributed by atoms with E-state index in [9.17, 15) is 23.1 Å². The quantitative estimate of drug-likeness (QED) is 0.169. The Labute approximate surface area is 231 Å². The highest BCUT2D eigenvalue weighted by atomic mass is 32.2. The van der Waals surface area contributed by atoms with Gasteiger partial charge in [-0.1, -0.05) is 62.7 Å². The normalized spacial score (nSPS) is 15.1. The molecule has 11 heteroatoms. The summed E-state index contributed by atoms with van der Waals surface area (Å²) in [4.78, 5) is 31.5. The molecule has 0 fully saturated rings. The molecule has 0 radical (unpaired) electrons. The van der Waals surface area contributed by atoms with E-state index in [2.05, 4.69) is 17.9 Å². The number of hydroxylamine groups is 2. The van der Waals surface area contributed by atoms with Crippen molar-refractivity contribution < 1.29 is 28.0 Å². The number of fused-ring (bicyclic) bond motifs is 1. The second-order valence-corrected chi connectivity index (χ2v) is 12.4. The van der Waals surface area contributed by atoms with E-state index >= 15 is 0 Å². The van der Waals surface area contributed by atoms with Crippen LogP contribution in [0.4, 0.5) is 0 Å². The highest BCUT2D eigenvalue weighted by Gasteiger charge is 2.33. The second-order valence-electron chi connectivity index (χ2n) is 9.77. The fourth-order valence-corrected chi connectivity index (χ4v) is 4.88. The topological polar surface area (TPSA) is 139 Å². The number of aliphatic carboxylic acids is 1. The second kappa shape index (κ2) is 15.4. The predicted octanol–water partition coefficient (Wildman–Crippen LogP) is 2.68. The number of nitrogens with two attached hydrogens (primary N) is 1. The Morgan fingerprint density at radius 2 is 1.87 bits per heavy atom. The fraction of sp³-hybridized carbons (Fsp3) is 0.556. The van der Waals surface area contributed by atoms with Gasteiger partial charge in [-0.05, 0) is 35.1 Å². The van der Waals surface area contributed by atoms with Gasteiger partial charge in [0, 0.05) is 37.1 Å². The number of nitrogens with one attached hydrogen (secondary N) is 1. The summed E-state index contributed by atoms with van der Waals surface area (Å²) in [5.74, 6) is -1.59. The Bertz CT molecular complexity index is 1160. The maximum absolute atomic E-state index is 13.4. The third kappa shape index (κ3) is 10.2. The van der Waals surface area contributed by atoms with Crippen molar-refractivity contribution in [2.45, 2.75) is 57.7 Å². The summed E-state index contributed by atoms with van der Waals surface area (Å²) in [6, 6.07) is 11.9. The van der Waals surface area contributed by atoms with Gasteiger partial charge in [0.25, 0.3) is 0 Å². The lowest BCUT2D eigenvalue weighted by atomic mass is 9.99. The molecule has 9 nitrogen and oxygen atoms in total. The number of benzene rings is 2. The Balaban J connectivity index is 2.26. The van der Waals surface area contributed by atoms with Crippen LogP contribution in [0.15, 0.2) is 42.5 Å². The van der Waals surface area contributed by atoms with Gasteiger partial charge in [0.15, 0.2) is 6.04 Å². The molecule has 4 N–H and O–H groups in total.